The Kier molecular flexibility index (Phi) is 3.74. The molecule has 1 aromatic carbocycles. The van der Waals surface area contributed by atoms with Gasteiger partial charge in [-0.25, -0.2) is 4.68 Å². The van der Waals surface area contributed by atoms with Gasteiger partial charge in [0.1, 0.15) is 5.75 Å². The van der Waals surface area contributed by atoms with Gasteiger partial charge in [-0.1, -0.05) is 6.07 Å². The Balaban J connectivity index is 2.38. The molecule has 5 heteroatoms. The Hall–Kier alpha value is -2.14. The highest BCUT2D eigenvalue weighted by atomic mass is 16.5. The lowest BCUT2D eigenvalue weighted by molar-refractivity contribution is 0.281. The number of benzene rings is 1. The maximum Gasteiger partial charge on any atom is 0.267 e. The van der Waals surface area contributed by atoms with Crippen LogP contribution < -0.4 is 10.3 Å². The van der Waals surface area contributed by atoms with E-state index >= 15 is 0 Å². The van der Waals surface area contributed by atoms with Crippen LogP contribution in [0.1, 0.15) is 11.1 Å². The van der Waals surface area contributed by atoms with Crippen molar-refractivity contribution in [1.29, 1.82) is 0 Å². The van der Waals surface area contributed by atoms with Crippen LogP contribution in [0, 0.1) is 0 Å². The van der Waals surface area contributed by atoms with Gasteiger partial charge in [0, 0.05) is 17.8 Å². The molecular weight excluding hydrogens is 232 g/mol. The van der Waals surface area contributed by atoms with Crippen molar-refractivity contribution in [2.45, 2.75) is 13.2 Å². The van der Waals surface area contributed by atoms with Crippen molar-refractivity contribution in [3.63, 3.8) is 0 Å². The van der Waals surface area contributed by atoms with Gasteiger partial charge in [0.15, 0.2) is 0 Å². The third-order valence-electron chi connectivity index (χ3n) is 2.63. The van der Waals surface area contributed by atoms with E-state index < -0.39 is 0 Å². The molecule has 1 heterocycles. The lowest BCUT2D eigenvalue weighted by Gasteiger charge is -2.10. The lowest BCUT2D eigenvalue weighted by Crippen LogP contribution is -2.22. The third-order valence-corrected chi connectivity index (χ3v) is 2.63. The van der Waals surface area contributed by atoms with E-state index in [0.717, 1.165) is 11.1 Å². The zero-order chi connectivity index (χ0) is 13.0. The summed E-state index contributed by atoms with van der Waals surface area (Å²) < 4.78 is 6.58. The molecule has 0 unspecified atom stereocenters. The van der Waals surface area contributed by atoms with Gasteiger partial charge in [0.2, 0.25) is 0 Å². The average molecular weight is 246 g/mol. The van der Waals surface area contributed by atoms with Crippen molar-refractivity contribution < 1.29 is 9.84 Å². The summed E-state index contributed by atoms with van der Waals surface area (Å²) in [6.07, 6.45) is 1.56. The highest BCUT2D eigenvalue weighted by Crippen LogP contribution is 2.20. The smallest absolute Gasteiger partial charge is 0.267 e. The maximum absolute atomic E-state index is 11.6. The minimum Gasteiger partial charge on any atom is -0.496 e. The number of aliphatic hydroxyl groups excluding tert-OH is 1. The van der Waals surface area contributed by atoms with E-state index in [4.69, 9.17) is 9.84 Å². The second-order valence-corrected chi connectivity index (χ2v) is 3.82. The van der Waals surface area contributed by atoms with Crippen LogP contribution in [0.25, 0.3) is 0 Å². The second kappa shape index (κ2) is 5.46. The predicted octanol–water partition coefficient (Wildman–Crippen LogP) is 0.792. The number of nitrogens with zero attached hydrogens (tertiary/aromatic N) is 2. The minimum absolute atomic E-state index is 0.0475. The van der Waals surface area contributed by atoms with Crippen LogP contribution in [0.3, 0.4) is 0 Å². The molecule has 2 aromatic rings. The van der Waals surface area contributed by atoms with Crippen molar-refractivity contribution in [3.05, 3.63) is 58.0 Å². The largest absolute Gasteiger partial charge is 0.496 e. The fourth-order valence-corrected chi connectivity index (χ4v) is 1.72. The maximum atomic E-state index is 11.6. The van der Waals surface area contributed by atoms with E-state index in [1.54, 1.807) is 37.6 Å². The molecule has 1 N–H and O–H groups in total. The molecule has 0 aliphatic carbocycles. The average Bonchev–Trinajstić information content (AvgIpc) is 2.41. The van der Waals surface area contributed by atoms with Crippen LogP contribution in [0.5, 0.6) is 5.75 Å². The minimum atomic E-state index is -0.172. The van der Waals surface area contributed by atoms with Crippen molar-refractivity contribution in [2.75, 3.05) is 7.11 Å². The van der Waals surface area contributed by atoms with Crippen molar-refractivity contribution >= 4 is 0 Å². The zero-order valence-corrected chi connectivity index (χ0v) is 10.0. The van der Waals surface area contributed by atoms with Crippen molar-refractivity contribution in [2.24, 2.45) is 0 Å². The molecule has 0 fully saturated rings. The number of aliphatic hydroxyl groups is 1. The lowest BCUT2D eigenvalue weighted by atomic mass is 10.1. The summed E-state index contributed by atoms with van der Waals surface area (Å²) in [6, 6.07) is 8.41. The van der Waals surface area contributed by atoms with Gasteiger partial charge in [-0.3, -0.25) is 4.79 Å². The Morgan fingerprint density at radius 1 is 1.39 bits per heavy atom. The molecule has 94 valence electrons. The molecule has 0 aliphatic heterocycles. The molecular formula is C13H14N2O3. The van der Waals surface area contributed by atoms with E-state index in [0.29, 0.717) is 12.3 Å². The van der Waals surface area contributed by atoms with Crippen LogP contribution in [-0.2, 0) is 13.2 Å². The van der Waals surface area contributed by atoms with Gasteiger partial charge >= 0.3 is 0 Å². The van der Waals surface area contributed by atoms with Crippen molar-refractivity contribution in [3.8, 4) is 5.75 Å². The van der Waals surface area contributed by atoms with Crippen LogP contribution in [0.4, 0.5) is 0 Å². The zero-order valence-electron chi connectivity index (χ0n) is 10.0. The van der Waals surface area contributed by atoms with Gasteiger partial charge in [-0.2, -0.15) is 5.10 Å². The Morgan fingerprint density at radius 2 is 2.22 bits per heavy atom. The number of rotatable bonds is 4. The summed E-state index contributed by atoms with van der Waals surface area (Å²) >= 11 is 0. The molecule has 0 amide bonds. The Morgan fingerprint density at radius 3 is 2.89 bits per heavy atom. The fourth-order valence-electron chi connectivity index (χ4n) is 1.72. The fraction of sp³-hybridized carbons (Fsp3) is 0.231. The first-order valence-electron chi connectivity index (χ1n) is 5.53. The molecule has 0 radical (unpaired) electrons. The predicted molar refractivity (Wildman–Crippen MR) is 66.5 cm³/mol. The number of hydrogen-bond donors (Lipinski definition) is 1. The van der Waals surface area contributed by atoms with Gasteiger partial charge in [0.25, 0.3) is 5.56 Å². The summed E-state index contributed by atoms with van der Waals surface area (Å²) in [5.41, 5.74) is 1.41. The van der Waals surface area contributed by atoms with Gasteiger partial charge in [-0.15, -0.1) is 0 Å². The topological polar surface area (TPSA) is 64.3 Å². The van der Waals surface area contributed by atoms with Gasteiger partial charge in [0.05, 0.1) is 20.3 Å². The first kappa shape index (κ1) is 12.3. The number of ether oxygens (including phenoxy) is 1. The molecule has 1 aromatic heterocycles. The summed E-state index contributed by atoms with van der Waals surface area (Å²) in [5, 5.41) is 13.1. The van der Waals surface area contributed by atoms with E-state index in [-0.39, 0.29) is 12.2 Å². The van der Waals surface area contributed by atoms with E-state index in [2.05, 4.69) is 5.10 Å². The molecule has 0 saturated heterocycles. The highest BCUT2D eigenvalue weighted by Gasteiger charge is 2.06. The molecule has 0 atom stereocenters. The van der Waals surface area contributed by atoms with Gasteiger partial charge < -0.3 is 9.84 Å². The van der Waals surface area contributed by atoms with Gasteiger partial charge in [-0.05, 0) is 23.8 Å². The monoisotopic (exact) mass is 246 g/mol. The summed E-state index contributed by atoms with van der Waals surface area (Å²) in [4.78, 5) is 11.6. The van der Waals surface area contributed by atoms with Crippen LogP contribution in [0.2, 0.25) is 0 Å². The van der Waals surface area contributed by atoms with E-state index in [1.807, 2.05) is 0 Å². The first-order chi connectivity index (χ1) is 8.74. The highest BCUT2D eigenvalue weighted by molar-refractivity contribution is 5.37. The van der Waals surface area contributed by atoms with Crippen LogP contribution >= 0.6 is 0 Å². The second-order valence-electron chi connectivity index (χ2n) is 3.82. The SMILES string of the molecule is COc1ccc(CO)cc1Cn1ncccc1=O. The molecule has 0 aliphatic rings. The number of hydrogen-bond acceptors (Lipinski definition) is 4. The van der Waals surface area contributed by atoms with Crippen LogP contribution in [-0.4, -0.2) is 22.0 Å². The first-order valence-corrected chi connectivity index (χ1v) is 5.53. The standard InChI is InChI=1S/C13H14N2O3/c1-18-12-5-4-10(9-16)7-11(12)8-15-13(17)3-2-6-14-15/h2-7,16H,8-9H2,1H3. The quantitative estimate of drug-likeness (QED) is 0.866. The molecule has 18 heavy (non-hydrogen) atoms. The Labute approximate surface area is 104 Å². The normalized spacial score (nSPS) is 10.3. The number of aromatic nitrogens is 2. The Bertz CT molecular complexity index is 593. The molecule has 0 saturated carbocycles. The van der Waals surface area contributed by atoms with Crippen molar-refractivity contribution in [1.82, 2.24) is 9.78 Å². The summed E-state index contributed by atoms with van der Waals surface area (Å²) in [5.74, 6) is 0.671. The summed E-state index contributed by atoms with van der Waals surface area (Å²) in [7, 11) is 1.57. The molecule has 0 bridgehead atoms. The van der Waals surface area contributed by atoms with E-state index in [9.17, 15) is 4.79 Å². The van der Waals surface area contributed by atoms with Crippen LogP contribution in [0.15, 0.2) is 41.3 Å². The molecule has 5 nitrogen and oxygen atoms in total. The summed E-state index contributed by atoms with van der Waals surface area (Å²) in [6.45, 7) is 0.269. The van der Waals surface area contributed by atoms with E-state index in [1.165, 1.54) is 10.7 Å². The number of methoxy groups -OCH3 is 1. The molecule has 0 spiro atoms. The molecule has 2 rings (SSSR count). The third kappa shape index (κ3) is 2.57.